The zero-order chi connectivity index (χ0) is 13.2. The molecule has 18 heavy (non-hydrogen) atoms. The average Bonchev–Trinajstić information content (AvgIpc) is 2.33. The summed E-state index contributed by atoms with van der Waals surface area (Å²) in [5.41, 5.74) is -0.469. The molecule has 96 valence electrons. The number of nitrogens with zero attached hydrogens (tertiary/aromatic N) is 1. The maximum absolute atomic E-state index is 11.7. The summed E-state index contributed by atoms with van der Waals surface area (Å²) < 4.78 is 0. The van der Waals surface area contributed by atoms with Gasteiger partial charge in [0.1, 0.15) is 0 Å². The van der Waals surface area contributed by atoms with Crippen molar-refractivity contribution in [1.29, 1.82) is 0 Å². The van der Waals surface area contributed by atoms with Crippen LogP contribution in [0, 0.1) is 10.1 Å². The lowest BCUT2D eigenvalue weighted by Crippen LogP contribution is -2.47. The van der Waals surface area contributed by atoms with Gasteiger partial charge in [-0.3, -0.25) is 14.9 Å². The van der Waals surface area contributed by atoms with Gasteiger partial charge in [-0.15, -0.1) is 0 Å². The van der Waals surface area contributed by atoms with Crippen LogP contribution in [0.1, 0.15) is 29.6 Å². The second-order valence-electron chi connectivity index (χ2n) is 4.56. The molecule has 0 saturated heterocycles. The van der Waals surface area contributed by atoms with E-state index in [0.29, 0.717) is 18.4 Å². The lowest BCUT2D eigenvalue weighted by atomic mass is 9.80. The number of hydrogen-bond acceptors (Lipinski definition) is 4. The highest BCUT2D eigenvalue weighted by Gasteiger charge is 2.34. The van der Waals surface area contributed by atoms with Crippen LogP contribution in [0.15, 0.2) is 24.3 Å². The van der Waals surface area contributed by atoms with Crippen molar-refractivity contribution in [2.75, 3.05) is 6.54 Å². The van der Waals surface area contributed by atoms with E-state index in [2.05, 4.69) is 5.32 Å². The number of amides is 1. The maximum atomic E-state index is 11.7. The van der Waals surface area contributed by atoms with Gasteiger partial charge in [-0.1, -0.05) is 0 Å². The molecule has 1 aromatic rings. The molecule has 1 saturated carbocycles. The summed E-state index contributed by atoms with van der Waals surface area (Å²) in [6.45, 7) is 0.225. The first kappa shape index (κ1) is 12.5. The van der Waals surface area contributed by atoms with Gasteiger partial charge in [-0.05, 0) is 31.4 Å². The van der Waals surface area contributed by atoms with Crippen molar-refractivity contribution in [2.45, 2.75) is 24.9 Å². The van der Waals surface area contributed by atoms with Crippen molar-refractivity contribution in [3.05, 3.63) is 39.9 Å². The third kappa shape index (κ3) is 2.65. The van der Waals surface area contributed by atoms with Gasteiger partial charge >= 0.3 is 0 Å². The Bertz CT molecular complexity index is 465. The first-order valence-electron chi connectivity index (χ1n) is 5.75. The molecular weight excluding hydrogens is 236 g/mol. The predicted molar refractivity (Wildman–Crippen MR) is 64.2 cm³/mol. The van der Waals surface area contributed by atoms with Gasteiger partial charge in [-0.25, -0.2) is 0 Å². The molecule has 0 spiro atoms. The summed E-state index contributed by atoms with van der Waals surface area (Å²) in [5, 5.41) is 22.9. The SMILES string of the molecule is O=C(NCC1(O)CCC1)c1ccc([N+](=O)[O-])cc1. The molecule has 0 bridgehead atoms. The fourth-order valence-electron chi connectivity index (χ4n) is 1.84. The molecule has 1 aliphatic rings. The van der Waals surface area contributed by atoms with Crippen LogP contribution in [-0.4, -0.2) is 28.1 Å². The van der Waals surface area contributed by atoms with E-state index >= 15 is 0 Å². The van der Waals surface area contributed by atoms with Gasteiger partial charge in [0.05, 0.1) is 10.5 Å². The van der Waals surface area contributed by atoms with Gasteiger partial charge < -0.3 is 10.4 Å². The molecule has 0 aliphatic heterocycles. The van der Waals surface area contributed by atoms with E-state index in [-0.39, 0.29) is 18.1 Å². The number of benzene rings is 1. The Kier molecular flexibility index (Phi) is 3.29. The highest BCUT2D eigenvalue weighted by molar-refractivity contribution is 5.94. The molecule has 0 heterocycles. The molecule has 2 rings (SSSR count). The first-order valence-corrected chi connectivity index (χ1v) is 5.75. The number of nitro benzene ring substituents is 1. The Morgan fingerprint density at radius 3 is 2.44 bits per heavy atom. The van der Waals surface area contributed by atoms with Crippen LogP contribution in [0.25, 0.3) is 0 Å². The van der Waals surface area contributed by atoms with Crippen LogP contribution < -0.4 is 5.32 Å². The second kappa shape index (κ2) is 4.73. The van der Waals surface area contributed by atoms with E-state index in [0.717, 1.165) is 6.42 Å². The van der Waals surface area contributed by atoms with Crippen LogP contribution in [0.5, 0.6) is 0 Å². The highest BCUT2D eigenvalue weighted by Crippen LogP contribution is 2.30. The third-order valence-electron chi connectivity index (χ3n) is 3.20. The van der Waals surface area contributed by atoms with Crippen molar-refractivity contribution < 1.29 is 14.8 Å². The largest absolute Gasteiger partial charge is 0.388 e. The first-order chi connectivity index (χ1) is 8.50. The summed E-state index contributed by atoms with van der Waals surface area (Å²) in [5.74, 6) is -0.328. The zero-order valence-electron chi connectivity index (χ0n) is 9.76. The van der Waals surface area contributed by atoms with Crippen molar-refractivity contribution >= 4 is 11.6 Å². The smallest absolute Gasteiger partial charge is 0.269 e. The normalized spacial score (nSPS) is 16.7. The van der Waals surface area contributed by atoms with Gasteiger partial charge in [0.25, 0.3) is 11.6 Å². The van der Waals surface area contributed by atoms with Crippen molar-refractivity contribution in [1.82, 2.24) is 5.32 Å². The molecule has 6 nitrogen and oxygen atoms in total. The molecule has 1 aliphatic carbocycles. The molecule has 1 fully saturated rings. The Labute approximate surface area is 104 Å². The summed E-state index contributed by atoms with van der Waals surface area (Å²) in [6, 6.07) is 5.37. The predicted octanol–water partition coefficient (Wildman–Crippen LogP) is 1.24. The maximum Gasteiger partial charge on any atom is 0.269 e. The lowest BCUT2D eigenvalue weighted by Gasteiger charge is -2.36. The molecule has 6 heteroatoms. The number of carbonyl (C=O) groups excluding carboxylic acids is 1. The molecule has 0 aromatic heterocycles. The second-order valence-corrected chi connectivity index (χ2v) is 4.56. The molecule has 1 aromatic carbocycles. The van der Waals surface area contributed by atoms with Crippen LogP contribution in [-0.2, 0) is 0 Å². The topological polar surface area (TPSA) is 92.5 Å². The van der Waals surface area contributed by atoms with Crippen LogP contribution in [0.3, 0.4) is 0 Å². The van der Waals surface area contributed by atoms with Crippen LogP contribution >= 0.6 is 0 Å². The molecule has 1 amide bonds. The minimum Gasteiger partial charge on any atom is -0.388 e. The average molecular weight is 250 g/mol. The van der Waals surface area contributed by atoms with E-state index in [1.807, 2.05) is 0 Å². The monoisotopic (exact) mass is 250 g/mol. The Balaban J connectivity index is 1.94. The van der Waals surface area contributed by atoms with E-state index in [1.54, 1.807) is 0 Å². The van der Waals surface area contributed by atoms with E-state index in [4.69, 9.17) is 0 Å². The van der Waals surface area contributed by atoms with Gasteiger partial charge in [0.2, 0.25) is 0 Å². The minimum atomic E-state index is -0.767. The molecule has 0 radical (unpaired) electrons. The summed E-state index contributed by atoms with van der Waals surface area (Å²) in [4.78, 5) is 21.7. The number of nitrogens with one attached hydrogen (secondary N) is 1. The van der Waals surface area contributed by atoms with Crippen LogP contribution in [0.4, 0.5) is 5.69 Å². The number of carbonyl (C=O) groups is 1. The summed E-state index contributed by atoms with van der Waals surface area (Å²) in [7, 11) is 0. The Morgan fingerprint density at radius 2 is 2.00 bits per heavy atom. The number of non-ortho nitro benzene ring substituents is 1. The number of hydrogen-bond donors (Lipinski definition) is 2. The molecule has 2 N–H and O–H groups in total. The molecular formula is C12H14N2O4. The van der Waals surface area contributed by atoms with Crippen molar-refractivity contribution in [3.8, 4) is 0 Å². The minimum absolute atomic E-state index is 0.0517. The fourth-order valence-corrected chi connectivity index (χ4v) is 1.84. The van der Waals surface area contributed by atoms with Crippen LogP contribution in [0.2, 0.25) is 0 Å². The Hall–Kier alpha value is -1.95. The summed E-state index contributed by atoms with van der Waals surface area (Å²) in [6.07, 6.45) is 2.38. The number of aliphatic hydroxyl groups is 1. The number of rotatable bonds is 4. The number of nitro groups is 1. The highest BCUT2D eigenvalue weighted by atomic mass is 16.6. The zero-order valence-corrected chi connectivity index (χ0v) is 9.76. The van der Waals surface area contributed by atoms with Gasteiger partial charge in [0, 0.05) is 24.2 Å². The van der Waals surface area contributed by atoms with Gasteiger partial charge in [-0.2, -0.15) is 0 Å². The fraction of sp³-hybridized carbons (Fsp3) is 0.417. The quantitative estimate of drug-likeness (QED) is 0.621. The van der Waals surface area contributed by atoms with E-state index in [1.165, 1.54) is 24.3 Å². The molecule has 0 unspecified atom stereocenters. The standard InChI is InChI=1S/C12H14N2O4/c15-11(13-8-12(16)6-1-7-12)9-2-4-10(5-3-9)14(17)18/h2-5,16H,1,6-8H2,(H,13,15). The third-order valence-corrected chi connectivity index (χ3v) is 3.20. The van der Waals surface area contributed by atoms with Gasteiger partial charge in [0.15, 0.2) is 0 Å². The lowest BCUT2D eigenvalue weighted by molar-refractivity contribution is -0.384. The van der Waals surface area contributed by atoms with E-state index in [9.17, 15) is 20.0 Å². The van der Waals surface area contributed by atoms with E-state index < -0.39 is 10.5 Å². The summed E-state index contributed by atoms with van der Waals surface area (Å²) >= 11 is 0. The van der Waals surface area contributed by atoms with Crippen molar-refractivity contribution in [2.24, 2.45) is 0 Å². The van der Waals surface area contributed by atoms with Crippen molar-refractivity contribution in [3.63, 3.8) is 0 Å². The Morgan fingerprint density at radius 1 is 1.39 bits per heavy atom. The molecule has 0 atom stereocenters.